The van der Waals surface area contributed by atoms with Gasteiger partial charge in [-0.1, -0.05) is 24.6 Å². The van der Waals surface area contributed by atoms with Gasteiger partial charge in [-0.25, -0.2) is 4.98 Å². The van der Waals surface area contributed by atoms with Crippen LogP contribution in [0.1, 0.15) is 37.8 Å². The smallest absolute Gasteiger partial charge is 0.303 e. The van der Waals surface area contributed by atoms with Crippen molar-refractivity contribution >= 4 is 29.1 Å². The fraction of sp³-hybridized carbons (Fsp3) is 0.636. The van der Waals surface area contributed by atoms with Crippen LogP contribution in [0.5, 0.6) is 0 Å². The SMILES string of the molecule is Cc1csc(SCCCCCCC(=O)O)n1. The zero-order valence-electron chi connectivity index (χ0n) is 9.44. The molecule has 0 radical (unpaired) electrons. The van der Waals surface area contributed by atoms with Crippen LogP contribution in [0, 0.1) is 6.92 Å². The molecular weight excluding hydrogens is 242 g/mol. The van der Waals surface area contributed by atoms with E-state index < -0.39 is 5.97 Å². The maximum absolute atomic E-state index is 10.3. The molecule has 0 aliphatic carbocycles. The second-order valence-corrected chi connectivity index (χ2v) is 5.86. The summed E-state index contributed by atoms with van der Waals surface area (Å²) in [7, 11) is 0. The Morgan fingerprint density at radius 2 is 2.19 bits per heavy atom. The van der Waals surface area contributed by atoms with Crippen molar-refractivity contribution in [2.24, 2.45) is 0 Å². The van der Waals surface area contributed by atoms with Crippen LogP contribution in [0.4, 0.5) is 0 Å². The molecular formula is C11H17NO2S2. The van der Waals surface area contributed by atoms with E-state index in [1.807, 2.05) is 6.92 Å². The van der Waals surface area contributed by atoms with Crippen molar-refractivity contribution in [3.8, 4) is 0 Å². The summed E-state index contributed by atoms with van der Waals surface area (Å²) >= 11 is 3.49. The summed E-state index contributed by atoms with van der Waals surface area (Å²) in [5.74, 6) is 0.396. The second-order valence-electron chi connectivity index (χ2n) is 3.66. The molecule has 0 spiro atoms. The molecule has 1 rings (SSSR count). The van der Waals surface area contributed by atoms with Gasteiger partial charge in [0.25, 0.3) is 0 Å². The molecule has 5 heteroatoms. The number of carboxylic acids is 1. The van der Waals surface area contributed by atoms with Gasteiger partial charge in [-0.2, -0.15) is 0 Å². The summed E-state index contributed by atoms with van der Waals surface area (Å²) in [5, 5.41) is 10.5. The first-order valence-electron chi connectivity index (χ1n) is 5.45. The van der Waals surface area contributed by atoms with Gasteiger partial charge in [0.2, 0.25) is 0 Å². The van der Waals surface area contributed by atoms with Crippen LogP contribution in [0.3, 0.4) is 0 Å². The third-order valence-corrected chi connectivity index (χ3v) is 4.33. The maximum atomic E-state index is 10.3. The van der Waals surface area contributed by atoms with Crippen LogP contribution in [-0.4, -0.2) is 21.8 Å². The number of thioether (sulfide) groups is 1. The van der Waals surface area contributed by atoms with Crippen LogP contribution in [0.15, 0.2) is 9.72 Å². The Balaban J connectivity index is 1.94. The van der Waals surface area contributed by atoms with Gasteiger partial charge in [-0.05, 0) is 19.8 Å². The normalized spacial score (nSPS) is 10.6. The van der Waals surface area contributed by atoms with Crippen molar-refractivity contribution in [3.05, 3.63) is 11.1 Å². The zero-order valence-corrected chi connectivity index (χ0v) is 11.1. The van der Waals surface area contributed by atoms with E-state index >= 15 is 0 Å². The molecule has 0 fully saturated rings. The predicted molar refractivity (Wildman–Crippen MR) is 68.3 cm³/mol. The van der Waals surface area contributed by atoms with Crippen molar-refractivity contribution < 1.29 is 9.90 Å². The highest BCUT2D eigenvalue weighted by molar-refractivity contribution is 8.00. The molecule has 0 saturated carbocycles. The molecule has 1 N–H and O–H groups in total. The van der Waals surface area contributed by atoms with E-state index in [0.29, 0.717) is 6.42 Å². The van der Waals surface area contributed by atoms with Crippen LogP contribution >= 0.6 is 23.1 Å². The summed E-state index contributed by atoms with van der Waals surface area (Å²) in [4.78, 5) is 14.6. The number of rotatable bonds is 8. The number of carbonyl (C=O) groups is 1. The van der Waals surface area contributed by atoms with Gasteiger partial charge < -0.3 is 5.11 Å². The standard InChI is InChI=1S/C11H17NO2S2/c1-9-8-16-11(12-9)15-7-5-3-2-4-6-10(13)14/h8H,2-7H2,1H3,(H,13,14). The molecule has 0 amide bonds. The van der Waals surface area contributed by atoms with E-state index in [2.05, 4.69) is 10.4 Å². The van der Waals surface area contributed by atoms with Crippen LogP contribution in [0.2, 0.25) is 0 Å². The van der Waals surface area contributed by atoms with Gasteiger partial charge in [-0.15, -0.1) is 11.3 Å². The monoisotopic (exact) mass is 259 g/mol. The zero-order chi connectivity index (χ0) is 11.8. The summed E-state index contributed by atoms with van der Waals surface area (Å²) in [5.41, 5.74) is 1.09. The van der Waals surface area contributed by atoms with Crippen LogP contribution in [-0.2, 0) is 4.79 Å². The summed E-state index contributed by atoms with van der Waals surface area (Å²) in [6.07, 6.45) is 4.38. The van der Waals surface area contributed by atoms with Gasteiger partial charge in [0.05, 0.1) is 0 Å². The molecule has 16 heavy (non-hydrogen) atoms. The summed E-state index contributed by atoms with van der Waals surface area (Å²) in [6, 6.07) is 0. The van der Waals surface area contributed by atoms with E-state index in [4.69, 9.17) is 5.11 Å². The first-order chi connectivity index (χ1) is 7.68. The Morgan fingerprint density at radius 3 is 2.81 bits per heavy atom. The Hall–Kier alpha value is -0.550. The molecule has 90 valence electrons. The molecule has 0 aliphatic rings. The van der Waals surface area contributed by atoms with Crippen molar-refractivity contribution in [2.75, 3.05) is 5.75 Å². The van der Waals surface area contributed by atoms with Crippen molar-refractivity contribution in [3.63, 3.8) is 0 Å². The topological polar surface area (TPSA) is 50.2 Å². The van der Waals surface area contributed by atoms with E-state index in [-0.39, 0.29) is 0 Å². The third-order valence-electron chi connectivity index (χ3n) is 2.11. The first kappa shape index (κ1) is 13.5. The van der Waals surface area contributed by atoms with E-state index in [9.17, 15) is 4.79 Å². The number of hydrogen-bond acceptors (Lipinski definition) is 4. The van der Waals surface area contributed by atoms with Gasteiger partial charge in [0, 0.05) is 23.2 Å². The average Bonchev–Trinajstić information content (AvgIpc) is 2.62. The minimum absolute atomic E-state index is 0.304. The molecule has 0 aromatic carbocycles. The van der Waals surface area contributed by atoms with Gasteiger partial charge in [0.15, 0.2) is 0 Å². The molecule has 1 heterocycles. The number of aryl methyl sites for hydroxylation is 1. The molecule has 0 bridgehead atoms. The summed E-state index contributed by atoms with van der Waals surface area (Å²) in [6.45, 7) is 2.01. The largest absolute Gasteiger partial charge is 0.481 e. The molecule has 0 saturated heterocycles. The summed E-state index contributed by atoms with van der Waals surface area (Å²) < 4.78 is 1.14. The lowest BCUT2D eigenvalue weighted by atomic mass is 10.2. The van der Waals surface area contributed by atoms with Crippen LogP contribution < -0.4 is 0 Å². The van der Waals surface area contributed by atoms with Gasteiger partial charge >= 0.3 is 5.97 Å². The average molecular weight is 259 g/mol. The number of unbranched alkanes of at least 4 members (excludes halogenated alkanes) is 3. The minimum Gasteiger partial charge on any atom is -0.481 e. The molecule has 0 unspecified atom stereocenters. The number of aliphatic carboxylic acids is 1. The number of hydrogen-bond donors (Lipinski definition) is 1. The lowest BCUT2D eigenvalue weighted by molar-refractivity contribution is -0.137. The van der Waals surface area contributed by atoms with Gasteiger partial charge in [0.1, 0.15) is 4.34 Å². The number of thiazole rings is 1. The Bertz CT molecular complexity index is 326. The quantitative estimate of drug-likeness (QED) is 0.572. The van der Waals surface area contributed by atoms with E-state index in [1.165, 1.54) is 0 Å². The van der Waals surface area contributed by atoms with Gasteiger partial charge in [-0.3, -0.25) is 4.79 Å². The molecule has 3 nitrogen and oxygen atoms in total. The van der Waals surface area contributed by atoms with E-state index in [0.717, 1.165) is 41.5 Å². The molecule has 1 aromatic rings. The maximum Gasteiger partial charge on any atom is 0.303 e. The van der Waals surface area contributed by atoms with Crippen molar-refractivity contribution in [2.45, 2.75) is 43.4 Å². The number of carboxylic acid groups (broad SMARTS) is 1. The minimum atomic E-state index is -0.687. The highest BCUT2D eigenvalue weighted by atomic mass is 32.2. The molecule has 1 aromatic heterocycles. The number of nitrogens with zero attached hydrogens (tertiary/aromatic N) is 1. The third kappa shape index (κ3) is 6.12. The lowest BCUT2D eigenvalue weighted by Gasteiger charge is -1.98. The first-order valence-corrected chi connectivity index (χ1v) is 7.32. The molecule has 0 atom stereocenters. The Kier molecular flexibility index (Phi) is 6.49. The highest BCUT2D eigenvalue weighted by Crippen LogP contribution is 2.23. The fourth-order valence-electron chi connectivity index (χ4n) is 1.29. The predicted octanol–water partition coefficient (Wildman–Crippen LogP) is 3.58. The Morgan fingerprint density at radius 1 is 1.44 bits per heavy atom. The van der Waals surface area contributed by atoms with Crippen LogP contribution in [0.25, 0.3) is 0 Å². The molecule has 0 aliphatic heterocycles. The second kappa shape index (κ2) is 7.68. The number of aromatic nitrogens is 1. The van der Waals surface area contributed by atoms with E-state index in [1.54, 1.807) is 23.1 Å². The van der Waals surface area contributed by atoms with Crippen molar-refractivity contribution in [1.29, 1.82) is 0 Å². The fourth-order valence-corrected chi connectivity index (χ4v) is 3.21. The highest BCUT2D eigenvalue weighted by Gasteiger charge is 1.99. The Labute approximate surface area is 104 Å². The van der Waals surface area contributed by atoms with Crippen molar-refractivity contribution in [1.82, 2.24) is 4.98 Å². The lowest BCUT2D eigenvalue weighted by Crippen LogP contribution is -1.93.